The minimum atomic E-state index is 0.309. The normalized spacial score (nSPS) is 21.0. The van der Waals surface area contributed by atoms with E-state index in [4.69, 9.17) is 11.6 Å². The van der Waals surface area contributed by atoms with Crippen LogP contribution in [0.2, 0.25) is 0 Å². The van der Waals surface area contributed by atoms with Crippen molar-refractivity contribution in [1.82, 2.24) is 4.90 Å². The molecule has 4 nitrogen and oxygen atoms in total. The van der Waals surface area contributed by atoms with E-state index in [1.807, 2.05) is 6.26 Å². The van der Waals surface area contributed by atoms with Crippen molar-refractivity contribution in [2.75, 3.05) is 19.3 Å². The summed E-state index contributed by atoms with van der Waals surface area (Å²) < 4.78 is 0. The van der Waals surface area contributed by atoms with Crippen molar-refractivity contribution in [3.8, 4) is 0 Å². The Hall–Kier alpha value is -0.420. The van der Waals surface area contributed by atoms with E-state index < -0.39 is 0 Å². The zero-order valence-electron chi connectivity index (χ0n) is 5.95. The zero-order chi connectivity index (χ0) is 7.56. The van der Waals surface area contributed by atoms with Gasteiger partial charge in [-0.05, 0) is 6.26 Å². The Kier molecular flexibility index (Phi) is 2.39. The van der Waals surface area contributed by atoms with Crippen molar-refractivity contribution in [1.29, 1.82) is 0 Å². The van der Waals surface area contributed by atoms with Crippen LogP contribution in [0.3, 0.4) is 0 Å². The van der Waals surface area contributed by atoms with Crippen LogP contribution in [0, 0.1) is 0 Å². The predicted molar refractivity (Wildman–Crippen MR) is 44.7 cm³/mol. The van der Waals surface area contributed by atoms with Gasteiger partial charge in [-0.2, -0.15) is 5.10 Å². The van der Waals surface area contributed by atoms with Crippen LogP contribution in [0.5, 0.6) is 0 Å². The second-order valence-corrected chi connectivity index (χ2v) is 3.05. The summed E-state index contributed by atoms with van der Waals surface area (Å²) in [6.45, 7) is 1.77. The van der Waals surface area contributed by atoms with Gasteiger partial charge in [-0.1, -0.05) is 11.8 Å². The molecule has 0 aromatic heterocycles. The zero-order valence-corrected chi connectivity index (χ0v) is 6.77. The number of thioether (sulfide) groups is 1. The van der Waals surface area contributed by atoms with Crippen molar-refractivity contribution in [2.45, 2.75) is 6.04 Å². The highest BCUT2D eigenvalue weighted by Crippen LogP contribution is 2.12. The van der Waals surface area contributed by atoms with Gasteiger partial charge >= 0.3 is 0 Å². The SMILES string of the molecule is CS/C(=N\N)N1CC(N)C1. The quantitative estimate of drug-likeness (QED) is 0.211. The Balaban J connectivity index is 2.36. The number of nitrogens with zero attached hydrogens (tertiary/aromatic N) is 2. The minimum Gasteiger partial charge on any atom is -0.347 e. The van der Waals surface area contributed by atoms with Crippen molar-refractivity contribution < 1.29 is 0 Å². The van der Waals surface area contributed by atoms with Crippen LogP contribution in [0.1, 0.15) is 0 Å². The fourth-order valence-corrected chi connectivity index (χ4v) is 1.44. The molecule has 0 saturated carbocycles. The maximum atomic E-state index is 5.57. The third kappa shape index (κ3) is 1.35. The molecule has 0 unspecified atom stereocenters. The lowest BCUT2D eigenvalue weighted by Gasteiger charge is -2.38. The van der Waals surface area contributed by atoms with E-state index in [2.05, 4.69) is 10.0 Å². The average molecular weight is 160 g/mol. The Morgan fingerprint density at radius 1 is 1.70 bits per heavy atom. The molecule has 1 heterocycles. The lowest BCUT2D eigenvalue weighted by molar-refractivity contribution is 0.259. The van der Waals surface area contributed by atoms with E-state index in [-0.39, 0.29) is 0 Å². The summed E-state index contributed by atoms with van der Waals surface area (Å²) >= 11 is 1.55. The van der Waals surface area contributed by atoms with Crippen LogP contribution >= 0.6 is 11.8 Å². The molecule has 0 atom stereocenters. The van der Waals surface area contributed by atoms with Crippen LogP contribution in [0.15, 0.2) is 5.10 Å². The fraction of sp³-hybridized carbons (Fsp3) is 0.800. The highest BCUT2D eigenvalue weighted by Gasteiger charge is 2.25. The smallest absolute Gasteiger partial charge is 0.182 e. The van der Waals surface area contributed by atoms with Crippen LogP contribution in [0.25, 0.3) is 0 Å². The number of hydrogen-bond donors (Lipinski definition) is 2. The van der Waals surface area contributed by atoms with E-state index in [1.165, 1.54) is 0 Å². The molecule has 0 bridgehead atoms. The van der Waals surface area contributed by atoms with Crippen LogP contribution < -0.4 is 11.6 Å². The lowest BCUT2D eigenvalue weighted by atomic mass is 10.2. The van der Waals surface area contributed by atoms with Crippen molar-refractivity contribution in [3.05, 3.63) is 0 Å². The van der Waals surface area contributed by atoms with Crippen LogP contribution in [-0.2, 0) is 0 Å². The first-order chi connectivity index (χ1) is 4.77. The summed E-state index contributed by atoms with van der Waals surface area (Å²) in [4.78, 5) is 2.06. The Morgan fingerprint density at radius 2 is 2.30 bits per heavy atom. The number of hydrazone groups is 1. The van der Waals surface area contributed by atoms with E-state index >= 15 is 0 Å². The van der Waals surface area contributed by atoms with Crippen molar-refractivity contribution in [3.63, 3.8) is 0 Å². The molecular formula is C5H12N4S. The summed E-state index contributed by atoms with van der Waals surface area (Å²) in [6, 6.07) is 0.309. The predicted octanol–water partition coefficient (Wildman–Crippen LogP) is -0.778. The number of likely N-dealkylation sites (tertiary alicyclic amines) is 1. The summed E-state index contributed by atoms with van der Waals surface area (Å²) in [5.41, 5.74) is 5.57. The molecule has 0 aliphatic carbocycles. The first-order valence-corrected chi connectivity index (χ1v) is 4.32. The molecule has 1 rings (SSSR count). The fourth-order valence-electron chi connectivity index (χ4n) is 0.932. The molecule has 4 N–H and O–H groups in total. The molecule has 0 radical (unpaired) electrons. The second kappa shape index (κ2) is 3.12. The van der Waals surface area contributed by atoms with Gasteiger partial charge in [0.2, 0.25) is 0 Å². The van der Waals surface area contributed by atoms with Gasteiger partial charge in [0.1, 0.15) is 0 Å². The summed E-state index contributed by atoms with van der Waals surface area (Å²) in [6.07, 6.45) is 1.95. The van der Waals surface area contributed by atoms with Gasteiger partial charge in [0.25, 0.3) is 0 Å². The van der Waals surface area contributed by atoms with Crippen molar-refractivity contribution in [2.24, 2.45) is 16.7 Å². The molecule has 10 heavy (non-hydrogen) atoms. The number of amidine groups is 1. The molecule has 0 spiro atoms. The van der Waals surface area contributed by atoms with Gasteiger partial charge < -0.3 is 16.5 Å². The van der Waals surface area contributed by atoms with Crippen molar-refractivity contribution >= 4 is 16.9 Å². The Labute approximate surface area is 64.6 Å². The highest BCUT2D eigenvalue weighted by atomic mass is 32.2. The van der Waals surface area contributed by atoms with E-state index in [0.29, 0.717) is 6.04 Å². The number of rotatable bonds is 0. The minimum absolute atomic E-state index is 0.309. The molecule has 0 aromatic rings. The summed E-state index contributed by atoms with van der Waals surface area (Å²) in [7, 11) is 0. The molecule has 1 saturated heterocycles. The van der Waals surface area contributed by atoms with Crippen LogP contribution in [-0.4, -0.2) is 35.5 Å². The molecule has 5 heteroatoms. The maximum absolute atomic E-state index is 5.57. The van der Waals surface area contributed by atoms with Gasteiger partial charge in [-0.3, -0.25) is 0 Å². The number of hydrogen-bond acceptors (Lipinski definition) is 4. The van der Waals surface area contributed by atoms with Gasteiger partial charge in [0.05, 0.1) is 0 Å². The van der Waals surface area contributed by atoms with E-state index in [9.17, 15) is 0 Å². The molecule has 1 aliphatic heterocycles. The van der Waals surface area contributed by atoms with Gasteiger partial charge in [0, 0.05) is 19.1 Å². The third-order valence-corrected chi connectivity index (χ3v) is 2.20. The average Bonchev–Trinajstić information content (AvgIpc) is 1.87. The molecule has 0 amide bonds. The Morgan fingerprint density at radius 3 is 2.60 bits per heavy atom. The molecular weight excluding hydrogens is 148 g/mol. The molecule has 58 valence electrons. The second-order valence-electron chi connectivity index (χ2n) is 2.28. The van der Waals surface area contributed by atoms with Gasteiger partial charge in [-0.15, -0.1) is 0 Å². The lowest BCUT2D eigenvalue weighted by Crippen LogP contribution is -2.57. The van der Waals surface area contributed by atoms with E-state index in [0.717, 1.165) is 18.3 Å². The van der Waals surface area contributed by atoms with E-state index in [1.54, 1.807) is 11.8 Å². The van der Waals surface area contributed by atoms with Gasteiger partial charge in [-0.25, -0.2) is 0 Å². The topological polar surface area (TPSA) is 67.6 Å². The summed E-state index contributed by atoms with van der Waals surface area (Å²) in [5.74, 6) is 5.12. The largest absolute Gasteiger partial charge is 0.347 e. The third-order valence-electron chi connectivity index (χ3n) is 1.47. The number of nitrogens with two attached hydrogens (primary N) is 2. The van der Waals surface area contributed by atoms with Crippen LogP contribution in [0.4, 0.5) is 0 Å². The molecule has 0 aromatic carbocycles. The molecule has 1 aliphatic rings. The first-order valence-electron chi connectivity index (χ1n) is 3.10. The Bertz CT molecular complexity index is 141. The monoisotopic (exact) mass is 160 g/mol. The molecule has 1 fully saturated rings. The summed E-state index contributed by atoms with van der Waals surface area (Å²) in [5, 5.41) is 4.49. The first kappa shape index (κ1) is 7.68. The maximum Gasteiger partial charge on any atom is 0.182 e. The standard InChI is InChI=1S/C5H12N4S/c1-10-5(8-7)9-2-4(6)3-9/h4H,2-3,6-7H2,1H3/b8-5-. The van der Waals surface area contributed by atoms with Gasteiger partial charge in [0.15, 0.2) is 5.17 Å². The highest BCUT2D eigenvalue weighted by molar-refractivity contribution is 8.13.